The van der Waals surface area contributed by atoms with E-state index in [9.17, 15) is 0 Å². The fraction of sp³-hybridized carbons (Fsp3) is 0.0526. The summed E-state index contributed by atoms with van der Waals surface area (Å²) >= 11 is 0. The summed E-state index contributed by atoms with van der Waals surface area (Å²) in [5.74, 6) is 0. The lowest BCUT2D eigenvalue weighted by Crippen LogP contribution is -2.15. The van der Waals surface area contributed by atoms with Crippen LogP contribution in [0.3, 0.4) is 0 Å². The molecule has 2 nitrogen and oxygen atoms in total. The Morgan fingerprint density at radius 3 is 1.56 bits per heavy atom. The zero-order valence-electron chi connectivity index (χ0n) is 32.6. The van der Waals surface area contributed by atoms with E-state index in [1.807, 2.05) is 0 Å². The van der Waals surface area contributed by atoms with Crippen LogP contribution >= 0.6 is 0 Å². The van der Waals surface area contributed by atoms with Gasteiger partial charge in [-0.15, -0.1) is 0 Å². The third kappa shape index (κ3) is 4.46. The van der Waals surface area contributed by atoms with E-state index >= 15 is 0 Å². The minimum absolute atomic E-state index is 0.183. The number of fused-ring (bicyclic) bond motifs is 14. The Hall–Kier alpha value is -7.42. The quantitative estimate of drug-likeness (QED) is 0.168. The van der Waals surface area contributed by atoms with Gasteiger partial charge in [-0.3, -0.25) is 0 Å². The van der Waals surface area contributed by atoms with Gasteiger partial charge < -0.3 is 8.83 Å². The minimum Gasteiger partial charge on any atom is -0.451 e. The number of hydrogen-bond donors (Lipinski definition) is 0. The molecule has 0 spiro atoms. The molecule has 59 heavy (non-hydrogen) atoms. The molecule has 1 aliphatic carbocycles. The van der Waals surface area contributed by atoms with E-state index < -0.39 is 0 Å². The predicted octanol–water partition coefficient (Wildman–Crippen LogP) is 16.3. The van der Waals surface area contributed by atoms with E-state index in [1.165, 1.54) is 71.4 Å². The van der Waals surface area contributed by atoms with Gasteiger partial charge in [0, 0.05) is 37.9 Å². The Kier molecular flexibility index (Phi) is 6.54. The normalized spacial score (nSPS) is 13.4. The third-order valence-electron chi connectivity index (χ3n) is 13.3. The van der Waals surface area contributed by atoms with Gasteiger partial charge in [-0.25, -0.2) is 0 Å². The summed E-state index contributed by atoms with van der Waals surface area (Å²) in [5.41, 5.74) is 15.7. The molecular weight excluding hydrogens is 717 g/mol. The first-order valence-corrected chi connectivity index (χ1v) is 20.5. The van der Waals surface area contributed by atoms with Crippen LogP contribution in [0.15, 0.2) is 191 Å². The van der Waals surface area contributed by atoms with Crippen LogP contribution in [-0.2, 0) is 5.41 Å². The van der Waals surface area contributed by atoms with Crippen molar-refractivity contribution in [3.63, 3.8) is 0 Å². The van der Waals surface area contributed by atoms with Crippen molar-refractivity contribution >= 4 is 76.2 Å². The Morgan fingerprint density at radius 2 is 0.847 bits per heavy atom. The fourth-order valence-electron chi connectivity index (χ4n) is 10.5. The van der Waals surface area contributed by atoms with Crippen LogP contribution in [0.25, 0.3) is 121 Å². The Bertz CT molecular complexity index is 3690. The van der Waals surface area contributed by atoms with Crippen LogP contribution in [0.2, 0.25) is 0 Å². The lowest BCUT2D eigenvalue weighted by molar-refractivity contribution is 0.635. The molecule has 0 amide bonds. The van der Waals surface area contributed by atoms with Crippen molar-refractivity contribution in [3.8, 4) is 44.5 Å². The van der Waals surface area contributed by atoms with Crippen molar-refractivity contribution in [3.05, 3.63) is 193 Å². The van der Waals surface area contributed by atoms with Gasteiger partial charge in [-0.1, -0.05) is 166 Å². The number of furan rings is 2. The summed E-state index contributed by atoms with van der Waals surface area (Å²) in [6, 6.07) is 66.5. The molecule has 0 N–H and O–H groups in total. The largest absolute Gasteiger partial charge is 0.451 e. The topological polar surface area (TPSA) is 26.3 Å². The molecule has 0 fully saturated rings. The summed E-state index contributed by atoms with van der Waals surface area (Å²) < 4.78 is 13.6. The first-order valence-electron chi connectivity index (χ1n) is 20.5. The molecule has 10 aromatic carbocycles. The van der Waals surface area contributed by atoms with Crippen molar-refractivity contribution in [2.24, 2.45) is 0 Å². The average Bonchev–Trinajstić information content (AvgIpc) is 3.93. The number of rotatable bonds is 3. The van der Waals surface area contributed by atoms with E-state index in [0.717, 1.165) is 60.4 Å². The third-order valence-corrected chi connectivity index (χ3v) is 13.3. The summed E-state index contributed by atoms with van der Waals surface area (Å²) in [7, 11) is 0. The van der Waals surface area contributed by atoms with Crippen LogP contribution in [-0.4, -0.2) is 0 Å². The maximum Gasteiger partial charge on any atom is 0.178 e. The molecule has 13 rings (SSSR count). The Morgan fingerprint density at radius 1 is 0.305 bits per heavy atom. The van der Waals surface area contributed by atoms with Gasteiger partial charge in [0.2, 0.25) is 0 Å². The maximum atomic E-state index is 6.90. The van der Waals surface area contributed by atoms with Gasteiger partial charge in [0.15, 0.2) is 11.2 Å². The van der Waals surface area contributed by atoms with E-state index in [2.05, 4.69) is 196 Å². The molecule has 12 aromatic rings. The molecule has 0 saturated carbocycles. The highest BCUT2D eigenvalue weighted by atomic mass is 16.4. The molecule has 0 radical (unpaired) electrons. The van der Waals surface area contributed by atoms with Crippen molar-refractivity contribution < 1.29 is 8.83 Å². The highest BCUT2D eigenvalue weighted by molar-refractivity contribution is 6.24. The van der Waals surface area contributed by atoms with Gasteiger partial charge in [0.1, 0.15) is 11.2 Å². The van der Waals surface area contributed by atoms with Crippen LogP contribution in [0.1, 0.15) is 25.0 Å². The van der Waals surface area contributed by atoms with Crippen molar-refractivity contribution in [2.75, 3.05) is 0 Å². The molecule has 0 aliphatic heterocycles. The van der Waals surface area contributed by atoms with E-state index in [1.54, 1.807) is 0 Å². The van der Waals surface area contributed by atoms with Gasteiger partial charge >= 0.3 is 0 Å². The van der Waals surface area contributed by atoms with Gasteiger partial charge in [-0.05, 0) is 107 Å². The standard InChI is InChI=1S/C57H36O2/c1-57(2)49-30-25-35(38-21-12-22-44-46-28-29-47-45-27-23-33-13-6-7-16-37(33)53(45)58-56(47)55(46)59-54(38)44)31-48(49)39-26-24-36(32-50(39)57)52-42-19-10-8-17-40(42)51(34-14-4-3-5-15-34)41-18-9-11-20-43(41)52/h3-32H,1-2H3. The summed E-state index contributed by atoms with van der Waals surface area (Å²) in [5, 5.41) is 11.7. The van der Waals surface area contributed by atoms with E-state index in [-0.39, 0.29) is 5.41 Å². The Balaban J connectivity index is 0.974. The summed E-state index contributed by atoms with van der Waals surface area (Å²) in [4.78, 5) is 0. The molecule has 2 heteroatoms. The lowest BCUT2D eigenvalue weighted by Gasteiger charge is -2.23. The average molecular weight is 753 g/mol. The molecular formula is C57H36O2. The smallest absolute Gasteiger partial charge is 0.178 e. The molecule has 0 atom stereocenters. The maximum absolute atomic E-state index is 6.90. The minimum atomic E-state index is -0.183. The molecule has 0 bridgehead atoms. The summed E-state index contributed by atoms with van der Waals surface area (Å²) in [6.07, 6.45) is 0. The van der Waals surface area contributed by atoms with Gasteiger partial charge in [0.25, 0.3) is 0 Å². The first-order chi connectivity index (χ1) is 29.0. The van der Waals surface area contributed by atoms with Crippen molar-refractivity contribution in [1.29, 1.82) is 0 Å². The van der Waals surface area contributed by atoms with Crippen molar-refractivity contribution in [1.82, 2.24) is 0 Å². The van der Waals surface area contributed by atoms with Crippen LogP contribution < -0.4 is 0 Å². The molecule has 2 heterocycles. The molecule has 2 aromatic heterocycles. The predicted molar refractivity (Wildman–Crippen MR) is 247 cm³/mol. The summed E-state index contributed by atoms with van der Waals surface area (Å²) in [6.45, 7) is 4.75. The number of benzene rings is 10. The zero-order chi connectivity index (χ0) is 39.0. The monoisotopic (exact) mass is 752 g/mol. The lowest BCUT2D eigenvalue weighted by atomic mass is 9.80. The second kappa shape index (κ2) is 11.8. The molecule has 276 valence electrons. The molecule has 0 saturated heterocycles. The molecule has 1 aliphatic rings. The SMILES string of the molecule is CC1(C)c2ccc(-c3cccc4c3oc3c4ccc4c5ccc6ccccc6c5oc43)cc2-c2ccc(-c3c4ccccc4c(-c4ccccc4)c4ccccc34)cc21. The second-order valence-electron chi connectivity index (χ2n) is 16.7. The zero-order valence-corrected chi connectivity index (χ0v) is 32.6. The van der Waals surface area contributed by atoms with Gasteiger partial charge in [0.05, 0.1) is 0 Å². The van der Waals surface area contributed by atoms with Crippen LogP contribution in [0.4, 0.5) is 0 Å². The van der Waals surface area contributed by atoms with E-state index in [0.29, 0.717) is 0 Å². The van der Waals surface area contributed by atoms with E-state index in [4.69, 9.17) is 8.83 Å². The Labute approximate surface area is 340 Å². The van der Waals surface area contributed by atoms with Crippen LogP contribution in [0, 0.1) is 0 Å². The fourth-order valence-corrected chi connectivity index (χ4v) is 10.5. The highest BCUT2D eigenvalue weighted by Gasteiger charge is 2.36. The number of hydrogen-bond acceptors (Lipinski definition) is 2. The van der Waals surface area contributed by atoms with Gasteiger partial charge in [-0.2, -0.15) is 0 Å². The molecule has 0 unspecified atom stereocenters. The second-order valence-corrected chi connectivity index (χ2v) is 16.7. The highest BCUT2D eigenvalue weighted by Crippen LogP contribution is 2.53. The number of para-hydroxylation sites is 1. The van der Waals surface area contributed by atoms with Crippen LogP contribution in [0.5, 0.6) is 0 Å². The first kappa shape index (κ1) is 32.6. The van der Waals surface area contributed by atoms with Crippen molar-refractivity contribution in [2.45, 2.75) is 19.3 Å².